The van der Waals surface area contributed by atoms with Crippen LogP contribution < -0.4 is 10.6 Å². The number of carbonyl (C=O) groups excluding carboxylic acids is 1. The van der Waals surface area contributed by atoms with Crippen molar-refractivity contribution in [2.24, 2.45) is 5.41 Å². The summed E-state index contributed by atoms with van der Waals surface area (Å²) >= 11 is 0. The zero-order chi connectivity index (χ0) is 14.6. The molecule has 1 rings (SSSR count). The maximum absolute atomic E-state index is 11.8. The zero-order valence-electron chi connectivity index (χ0n) is 11.7. The van der Waals surface area contributed by atoms with E-state index in [0.717, 1.165) is 5.56 Å². The van der Waals surface area contributed by atoms with E-state index in [4.69, 9.17) is 5.11 Å². The van der Waals surface area contributed by atoms with Gasteiger partial charge in [0.05, 0.1) is 0 Å². The van der Waals surface area contributed by atoms with Gasteiger partial charge in [0.15, 0.2) is 0 Å². The van der Waals surface area contributed by atoms with Crippen LogP contribution in [0.4, 0.5) is 10.5 Å². The SMILES string of the molecule is Cc1ccccc1NC(=O)N[C@@H](C(=O)O)C(C)(C)C. The van der Waals surface area contributed by atoms with Gasteiger partial charge in [-0.2, -0.15) is 0 Å². The monoisotopic (exact) mass is 264 g/mol. The average molecular weight is 264 g/mol. The molecule has 0 radical (unpaired) electrons. The fourth-order valence-electron chi connectivity index (χ4n) is 1.65. The van der Waals surface area contributed by atoms with Gasteiger partial charge < -0.3 is 15.7 Å². The molecule has 1 aromatic rings. The van der Waals surface area contributed by atoms with Gasteiger partial charge >= 0.3 is 12.0 Å². The molecule has 5 heteroatoms. The van der Waals surface area contributed by atoms with Gasteiger partial charge in [-0.1, -0.05) is 39.0 Å². The van der Waals surface area contributed by atoms with Crippen molar-refractivity contribution in [1.82, 2.24) is 5.32 Å². The molecule has 104 valence electrons. The second-order valence-corrected chi connectivity index (χ2v) is 5.55. The lowest BCUT2D eigenvalue weighted by Gasteiger charge is -2.27. The lowest BCUT2D eigenvalue weighted by atomic mass is 9.87. The van der Waals surface area contributed by atoms with Crippen LogP contribution in [0.5, 0.6) is 0 Å². The van der Waals surface area contributed by atoms with Crippen molar-refractivity contribution in [1.29, 1.82) is 0 Å². The summed E-state index contributed by atoms with van der Waals surface area (Å²) in [7, 11) is 0. The number of para-hydroxylation sites is 1. The summed E-state index contributed by atoms with van der Waals surface area (Å²) in [4.78, 5) is 23.0. The van der Waals surface area contributed by atoms with Crippen molar-refractivity contribution in [2.75, 3.05) is 5.32 Å². The molecule has 0 spiro atoms. The van der Waals surface area contributed by atoms with Gasteiger partial charge in [-0.15, -0.1) is 0 Å². The zero-order valence-corrected chi connectivity index (χ0v) is 11.7. The van der Waals surface area contributed by atoms with Gasteiger partial charge in [-0.25, -0.2) is 9.59 Å². The van der Waals surface area contributed by atoms with Crippen LogP contribution in [0.15, 0.2) is 24.3 Å². The quantitative estimate of drug-likeness (QED) is 0.785. The van der Waals surface area contributed by atoms with E-state index in [-0.39, 0.29) is 0 Å². The van der Waals surface area contributed by atoms with Crippen LogP contribution in [-0.4, -0.2) is 23.1 Å². The van der Waals surface area contributed by atoms with Crippen molar-refractivity contribution < 1.29 is 14.7 Å². The predicted molar refractivity (Wildman–Crippen MR) is 74.2 cm³/mol. The number of benzene rings is 1. The second kappa shape index (κ2) is 5.73. The number of aryl methyl sites for hydroxylation is 1. The smallest absolute Gasteiger partial charge is 0.326 e. The molecule has 0 aliphatic rings. The Labute approximate surface area is 113 Å². The molecule has 2 amide bonds. The Morgan fingerprint density at radius 3 is 2.26 bits per heavy atom. The van der Waals surface area contributed by atoms with E-state index in [2.05, 4.69) is 10.6 Å². The van der Waals surface area contributed by atoms with Gasteiger partial charge in [-0.05, 0) is 24.0 Å². The summed E-state index contributed by atoms with van der Waals surface area (Å²) in [6, 6.07) is 5.85. The molecule has 1 aromatic carbocycles. The van der Waals surface area contributed by atoms with Crippen molar-refractivity contribution >= 4 is 17.7 Å². The van der Waals surface area contributed by atoms with E-state index in [0.29, 0.717) is 5.69 Å². The summed E-state index contributed by atoms with van der Waals surface area (Å²) in [5.74, 6) is -1.05. The molecule has 0 unspecified atom stereocenters. The topological polar surface area (TPSA) is 78.4 Å². The first-order valence-electron chi connectivity index (χ1n) is 6.08. The Hall–Kier alpha value is -2.04. The van der Waals surface area contributed by atoms with Crippen LogP contribution in [0.1, 0.15) is 26.3 Å². The van der Waals surface area contributed by atoms with E-state index in [9.17, 15) is 9.59 Å². The third-order valence-electron chi connectivity index (χ3n) is 2.78. The minimum Gasteiger partial charge on any atom is -0.480 e. The highest BCUT2D eigenvalue weighted by atomic mass is 16.4. The first-order chi connectivity index (χ1) is 8.71. The van der Waals surface area contributed by atoms with Gasteiger partial charge in [0.2, 0.25) is 0 Å². The largest absolute Gasteiger partial charge is 0.480 e. The third kappa shape index (κ3) is 4.28. The number of hydrogen-bond acceptors (Lipinski definition) is 2. The second-order valence-electron chi connectivity index (χ2n) is 5.55. The van der Waals surface area contributed by atoms with E-state index >= 15 is 0 Å². The molecule has 19 heavy (non-hydrogen) atoms. The Balaban J connectivity index is 2.75. The Morgan fingerprint density at radius 1 is 1.21 bits per heavy atom. The van der Waals surface area contributed by atoms with Gasteiger partial charge in [-0.3, -0.25) is 0 Å². The first-order valence-corrected chi connectivity index (χ1v) is 6.08. The maximum atomic E-state index is 11.8. The Kier molecular flexibility index (Phi) is 4.53. The van der Waals surface area contributed by atoms with Gasteiger partial charge in [0.25, 0.3) is 0 Å². The van der Waals surface area contributed by atoms with Crippen LogP contribution in [-0.2, 0) is 4.79 Å². The molecule has 0 aliphatic heterocycles. The molecule has 0 saturated heterocycles. The first kappa shape index (κ1) is 15.0. The highest BCUT2D eigenvalue weighted by molar-refractivity contribution is 5.93. The summed E-state index contributed by atoms with van der Waals surface area (Å²) in [5.41, 5.74) is 1.02. The van der Waals surface area contributed by atoms with E-state index < -0.39 is 23.5 Å². The van der Waals surface area contributed by atoms with Crippen molar-refractivity contribution in [3.05, 3.63) is 29.8 Å². The number of amides is 2. The van der Waals surface area contributed by atoms with Crippen LogP contribution in [0.2, 0.25) is 0 Å². The van der Waals surface area contributed by atoms with Gasteiger partial charge in [0.1, 0.15) is 6.04 Å². The molecule has 1 atom stereocenters. The fraction of sp³-hybridized carbons (Fsp3) is 0.429. The number of anilines is 1. The Bertz CT molecular complexity index is 478. The molecule has 0 aromatic heterocycles. The highest BCUT2D eigenvalue weighted by Crippen LogP contribution is 2.20. The van der Waals surface area contributed by atoms with E-state index in [1.807, 2.05) is 19.1 Å². The van der Waals surface area contributed by atoms with Crippen LogP contribution >= 0.6 is 0 Å². The molecular formula is C14H20N2O3. The molecule has 0 saturated carbocycles. The lowest BCUT2D eigenvalue weighted by Crippen LogP contribution is -2.50. The summed E-state index contributed by atoms with van der Waals surface area (Å²) in [5, 5.41) is 14.3. The number of nitrogens with one attached hydrogen (secondary N) is 2. The van der Waals surface area contributed by atoms with Crippen LogP contribution in [0.25, 0.3) is 0 Å². The number of carboxylic acids is 1. The molecule has 0 bridgehead atoms. The number of carboxylic acid groups (broad SMARTS) is 1. The predicted octanol–water partition coefficient (Wildman–Crippen LogP) is 2.62. The van der Waals surface area contributed by atoms with Crippen LogP contribution in [0.3, 0.4) is 0 Å². The Morgan fingerprint density at radius 2 is 1.79 bits per heavy atom. The molecular weight excluding hydrogens is 244 g/mol. The number of rotatable bonds is 3. The molecule has 0 aliphatic carbocycles. The van der Waals surface area contributed by atoms with Crippen molar-refractivity contribution in [3.8, 4) is 0 Å². The van der Waals surface area contributed by atoms with Crippen molar-refractivity contribution in [3.63, 3.8) is 0 Å². The minimum absolute atomic E-state index is 0.517. The number of hydrogen-bond donors (Lipinski definition) is 3. The van der Waals surface area contributed by atoms with Gasteiger partial charge in [0, 0.05) is 5.69 Å². The number of urea groups is 1. The normalized spacial score (nSPS) is 12.6. The molecule has 0 fully saturated rings. The lowest BCUT2D eigenvalue weighted by molar-refractivity contribution is -0.141. The molecule has 3 N–H and O–H groups in total. The summed E-state index contributed by atoms with van der Waals surface area (Å²) < 4.78 is 0. The standard InChI is InChI=1S/C14H20N2O3/c1-9-7-5-6-8-10(9)15-13(19)16-11(12(17)18)14(2,3)4/h5-8,11H,1-4H3,(H,17,18)(H2,15,16,19)/t11-/m0/s1. The highest BCUT2D eigenvalue weighted by Gasteiger charge is 2.32. The summed E-state index contributed by atoms with van der Waals surface area (Å²) in [6.45, 7) is 7.16. The van der Waals surface area contributed by atoms with E-state index in [1.54, 1.807) is 32.9 Å². The molecule has 5 nitrogen and oxygen atoms in total. The summed E-state index contributed by atoms with van der Waals surface area (Å²) in [6.07, 6.45) is 0. The van der Waals surface area contributed by atoms with Crippen LogP contribution in [0, 0.1) is 12.3 Å². The van der Waals surface area contributed by atoms with Crippen molar-refractivity contribution in [2.45, 2.75) is 33.7 Å². The third-order valence-corrected chi connectivity index (χ3v) is 2.78. The fourth-order valence-corrected chi connectivity index (χ4v) is 1.65. The number of carbonyl (C=O) groups is 2. The average Bonchev–Trinajstić information content (AvgIpc) is 2.27. The minimum atomic E-state index is -1.05. The maximum Gasteiger partial charge on any atom is 0.326 e. The molecule has 0 heterocycles. The van der Waals surface area contributed by atoms with E-state index in [1.165, 1.54) is 0 Å². The number of aliphatic carboxylic acids is 1.